The molecule has 0 bridgehead atoms. The number of nitrogens with two attached hydrogens (primary N) is 1. The molecule has 0 radical (unpaired) electrons. The van der Waals surface area contributed by atoms with Gasteiger partial charge in [-0.1, -0.05) is 13.8 Å². The zero-order chi connectivity index (χ0) is 14.6. The van der Waals surface area contributed by atoms with Crippen molar-refractivity contribution in [3.05, 3.63) is 11.9 Å². The van der Waals surface area contributed by atoms with Gasteiger partial charge in [0, 0.05) is 11.6 Å². The second kappa shape index (κ2) is 6.05. The maximum atomic E-state index is 12.3. The zero-order valence-corrected chi connectivity index (χ0v) is 11.0. The molecule has 0 aliphatic rings. The largest absolute Gasteiger partial charge is 0.391 e. The van der Waals surface area contributed by atoms with Crippen molar-refractivity contribution in [2.45, 2.75) is 45.3 Å². The van der Waals surface area contributed by atoms with Gasteiger partial charge in [-0.25, -0.2) is 15.8 Å². The van der Waals surface area contributed by atoms with Crippen molar-refractivity contribution in [3.8, 4) is 0 Å². The van der Waals surface area contributed by atoms with E-state index < -0.39 is 18.6 Å². The molecule has 8 heteroatoms. The molecular formula is C11H18F3N5. The van der Waals surface area contributed by atoms with E-state index in [2.05, 4.69) is 20.7 Å². The van der Waals surface area contributed by atoms with Crippen molar-refractivity contribution in [1.82, 2.24) is 9.97 Å². The van der Waals surface area contributed by atoms with Crippen LogP contribution in [-0.2, 0) is 0 Å². The van der Waals surface area contributed by atoms with Gasteiger partial charge in [0.2, 0.25) is 0 Å². The van der Waals surface area contributed by atoms with Gasteiger partial charge in [0.15, 0.2) is 0 Å². The molecule has 0 aliphatic heterocycles. The van der Waals surface area contributed by atoms with Gasteiger partial charge in [-0.05, 0) is 12.8 Å². The summed E-state index contributed by atoms with van der Waals surface area (Å²) in [4.78, 5) is 7.94. The van der Waals surface area contributed by atoms with Gasteiger partial charge in [-0.2, -0.15) is 13.2 Å². The van der Waals surface area contributed by atoms with E-state index in [9.17, 15) is 13.2 Å². The van der Waals surface area contributed by atoms with Gasteiger partial charge in [-0.3, -0.25) is 0 Å². The molecule has 1 aromatic heterocycles. The molecule has 1 heterocycles. The molecule has 0 saturated heterocycles. The first-order valence-electron chi connectivity index (χ1n) is 5.89. The normalized spacial score (nSPS) is 13.5. The minimum Gasteiger partial charge on any atom is -0.367 e. The Balaban J connectivity index is 2.94. The summed E-state index contributed by atoms with van der Waals surface area (Å²) in [7, 11) is 0. The Morgan fingerprint density at radius 1 is 1.21 bits per heavy atom. The van der Waals surface area contributed by atoms with Crippen LogP contribution in [0.2, 0.25) is 0 Å². The molecule has 108 valence electrons. The van der Waals surface area contributed by atoms with Crippen LogP contribution in [0.15, 0.2) is 6.33 Å². The van der Waals surface area contributed by atoms with E-state index in [0.29, 0.717) is 17.2 Å². The predicted octanol–water partition coefficient (Wildman–Crippen LogP) is 2.64. The molecule has 19 heavy (non-hydrogen) atoms. The molecule has 0 aromatic carbocycles. The summed E-state index contributed by atoms with van der Waals surface area (Å²) in [5.74, 6) is 6.14. The summed E-state index contributed by atoms with van der Waals surface area (Å²) >= 11 is 0. The van der Waals surface area contributed by atoms with Crippen LogP contribution in [0.25, 0.3) is 0 Å². The number of halogens is 3. The summed E-state index contributed by atoms with van der Waals surface area (Å²) in [6.45, 7) is 5.23. The Bertz CT molecular complexity index is 419. The molecule has 1 unspecified atom stereocenters. The fourth-order valence-corrected chi connectivity index (χ4v) is 1.80. The van der Waals surface area contributed by atoms with Gasteiger partial charge >= 0.3 is 6.18 Å². The van der Waals surface area contributed by atoms with E-state index >= 15 is 0 Å². The van der Waals surface area contributed by atoms with E-state index in [-0.39, 0.29) is 5.92 Å². The lowest BCUT2D eigenvalue weighted by atomic mass is 10.0. The SMILES string of the molecule is CC(CC(F)(F)F)Nc1ncnc(NN)c1C(C)C. The van der Waals surface area contributed by atoms with E-state index in [1.54, 1.807) is 0 Å². The minimum atomic E-state index is -4.22. The van der Waals surface area contributed by atoms with E-state index in [0.717, 1.165) is 0 Å². The van der Waals surface area contributed by atoms with Gasteiger partial charge in [0.05, 0.1) is 6.42 Å². The number of alkyl halides is 3. The molecule has 1 rings (SSSR count). The van der Waals surface area contributed by atoms with E-state index in [4.69, 9.17) is 5.84 Å². The highest BCUT2D eigenvalue weighted by Crippen LogP contribution is 2.29. The standard InChI is InChI=1S/C11H18F3N5/c1-6(2)8-9(16-5-17-10(8)19-15)18-7(3)4-11(12,13)14/h5-7H,4,15H2,1-3H3,(H2,16,17,18,19). The number of nitrogens with zero attached hydrogens (tertiary/aromatic N) is 2. The van der Waals surface area contributed by atoms with Gasteiger partial charge < -0.3 is 10.7 Å². The van der Waals surface area contributed by atoms with Crippen molar-refractivity contribution in [2.75, 3.05) is 10.7 Å². The topological polar surface area (TPSA) is 75.9 Å². The number of hydrogen-bond donors (Lipinski definition) is 3. The molecule has 0 fully saturated rings. The van der Waals surface area contributed by atoms with Crippen LogP contribution in [0.5, 0.6) is 0 Å². The van der Waals surface area contributed by atoms with Crippen LogP contribution in [0, 0.1) is 0 Å². The Morgan fingerprint density at radius 2 is 1.79 bits per heavy atom. The number of aromatic nitrogens is 2. The smallest absolute Gasteiger partial charge is 0.367 e. The maximum absolute atomic E-state index is 12.3. The lowest BCUT2D eigenvalue weighted by Crippen LogP contribution is -2.25. The maximum Gasteiger partial charge on any atom is 0.391 e. The number of nitrogens with one attached hydrogen (secondary N) is 2. The second-order valence-electron chi connectivity index (χ2n) is 4.65. The number of hydrogen-bond acceptors (Lipinski definition) is 5. The third kappa shape index (κ3) is 4.55. The first-order valence-corrected chi connectivity index (χ1v) is 5.89. The lowest BCUT2D eigenvalue weighted by Gasteiger charge is -2.21. The fraction of sp³-hybridized carbons (Fsp3) is 0.636. The van der Waals surface area contributed by atoms with Crippen molar-refractivity contribution in [2.24, 2.45) is 5.84 Å². The molecule has 0 saturated carbocycles. The number of nitrogen functional groups attached to an aromatic ring is 1. The molecule has 0 aliphatic carbocycles. The van der Waals surface area contributed by atoms with E-state index in [1.165, 1.54) is 13.3 Å². The van der Waals surface area contributed by atoms with Gasteiger partial charge in [-0.15, -0.1) is 0 Å². The number of hydrazine groups is 1. The van der Waals surface area contributed by atoms with Crippen LogP contribution in [0.1, 0.15) is 38.7 Å². The quantitative estimate of drug-likeness (QED) is 0.570. The van der Waals surface area contributed by atoms with E-state index in [1.807, 2.05) is 13.8 Å². The third-order valence-electron chi connectivity index (χ3n) is 2.52. The molecule has 5 nitrogen and oxygen atoms in total. The van der Waals surface area contributed by atoms with Crippen molar-refractivity contribution < 1.29 is 13.2 Å². The summed E-state index contributed by atoms with van der Waals surface area (Å²) in [5.41, 5.74) is 3.09. The molecular weight excluding hydrogens is 259 g/mol. The Morgan fingerprint density at radius 3 is 2.26 bits per heavy atom. The van der Waals surface area contributed by atoms with Crippen molar-refractivity contribution in [1.29, 1.82) is 0 Å². The van der Waals surface area contributed by atoms with Crippen molar-refractivity contribution in [3.63, 3.8) is 0 Å². The van der Waals surface area contributed by atoms with Crippen LogP contribution in [0.4, 0.5) is 24.8 Å². The highest BCUT2D eigenvalue weighted by atomic mass is 19.4. The summed E-state index contributed by atoms with van der Waals surface area (Å²) in [5, 5.41) is 2.76. The van der Waals surface area contributed by atoms with Crippen molar-refractivity contribution >= 4 is 11.6 Å². The molecule has 1 atom stereocenters. The second-order valence-corrected chi connectivity index (χ2v) is 4.65. The Hall–Kier alpha value is -1.57. The summed E-state index contributed by atoms with van der Waals surface area (Å²) in [6, 6.07) is -0.780. The average molecular weight is 277 g/mol. The zero-order valence-electron chi connectivity index (χ0n) is 11.0. The molecule has 4 N–H and O–H groups in total. The highest BCUT2D eigenvalue weighted by Gasteiger charge is 2.30. The van der Waals surface area contributed by atoms with Crippen LogP contribution < -0.4 is 16.6 Å². The summed E-state index contributed by atoms with van der Waals surface area (Å²) in [6.07, 6.45) is -3.89. The third-order valence-corrected chi connectivity index (χ3v) is 2.52. The number of rotatable bonds is 5. The summed E-state index contributed by atoms with van der Waals surface area (Å²) < 4.78 is 36.9. The lowest BCUT2D eigenvalue weighted by molar-refractivity contribution is -0.136. The first kappa shape index (κ1) is 15.5. The Kier molecular flexibility index (Phi) is 4.93. The number of anilines is 2. The fourth-order valence-electron chi connectivity index (χ4n) is 1.80. The van der Waals surface area contributed by atoms with Crippen LogP contribution >= 0.6 is 0 Å². The minimum absolute atomic E-state index is 0.0211. The molecule has 0 spiro atoms. The monoisotopic (exact) mass is 277 g/mol. The van der Waals surface area contributed by atoms with Gasteiger partial charge in [0.1, 0.15) is 18.0 Å². The average Bonchev–Trinajstić information content (AvgIpc) is 2.25. The highest BCUT2D eigenvalue weighted by molar-refractivity contribution is 5.58. The molecule has 1 aromatic rings. The Labute approximate surface area is 109 Å². The van der Waals surface area contributed by atoms with Gasteiger partial charge in [0.25, 0.3) is 0 Å². The van der Waals surface area contributed by atoms with Crippen LogP contribution in [0.3, 0.4) is 0 Å². The first-order chi connectivity index (χ1) is 8.74. The van der Waals surface area contributed by atoms with Crippen LogP contribution in [-0.4, -0.2) is 22.2 Å². The molecule has 0 amide bonds. The predicted molar refractivity (Wildman–Crippen MR) is 67.7 cm³/mol.